The van der Waals surface area contributed by atoms with Gasteiger partial charge in [-0.15, -0.1) is 6.58 Å². The molecule has 0 N–H and O–H groups in total. The third-order valence-electron chi connectivity index (χ3n) is 2.50. The van der Waals surface area contributed by atoms with Crippen LogP contribution in [0.3, 0.4) is 0 Å². The fourth-order valence-corrected chi connectivity index (χ4v) is 1.87. The van der Waals surface area contributed by atoms with Gasteiger partial charge in [-0.3, -0.25) is 4.31 Å². The molecule has 0 aromatic heterocycles. The smallest absolute Gasteiger partial charge is 0.0212 e. The van der Waals surface area contributed by atoms with Crippen LogP contribution in [-0.2, 0) is 0 Å². The number of allylic oxidation sites excluding steroid dienone is 1. The van der Waals surface area contributed by atoms with Crippen LogP contribution >= 0.6 is 12.8 Å². The molecule has 1 saturated heterocycles. The normalized spacial score (nSPS) is 23.7. The summed E-state index contributed by atoms with van der Waals surface area (Å²) in [7, 11) is 0. The zero-order chi connectivity index (χ0) is 8.97. The minimum atomic E-state index is 0.762. The van der Waals surface area contributed by atoms with E-state index in [2.05, 4.69) is 30.6 Å². The number of thiol groups is 1. The summed E-state index contributed by atoms with van der Waals surface area (Å²) in [5, 5.41) is 0. The fourth-order valence-electron chi connectivity index (χ4n) is 1.53. The first-order valence-electron chi connectivity index (χ1n) is 4.80. The Morgan fingerprint density at radius 2 is 2.33 bits per heavy atom. The standard InChI is InChI=1S/C10H19NS/c1-9(2)5-3-4-6-10-7-8-11(10)12/h10,12H,1,3-8H2,2H3. The van der Waals surface area contributed by atoms with Crippen molar-refractivity contribution in [3.8, 4) is 0 Å². The van der Waals surface area contributed by atoms with Gasteiger partial charge in [0.05, 0.1) is 0 Å². The molecule has 2 heteroatoms. The summed E-state index contributed by atoms with van der Waals surface area (Å²) in [6.45, 7) is 7.18. The van der Waals surface area contributed by atoms with E-state index in [1.807, 2.05) is 0 Å². The molecule has 0 aromatic carbocycles. The molecular weight excluding hydrogens is 166 g/mol. The Hall–Kier alpha value is 0.0500. The molecule has 0 radical (unpaired) electrons. The minimum Gasteiger partial charge on any atom is -0.250 e. The Morgan fingerprint density at radius 3 is 2.75 bits per heavy atom. The molecule has 0 aromatic rings. The lowest BCUT2D eigenvalue weighted by Crippen LogP contribution is -2.40. The Bertz CT molecular complexity index is 156. The van der Waals surface area contributed by atoms with E-state index < -0.39 is 0 Å². The molecule has 1 fully saturated rings. The average molecular weight is 185 g/mol. The summed E-state index contributed by atoms with van der Waals surface area (Å²) < 4.78 is 2.15. The van der Waals surface area contributed by atoms with Crippen molar-refractivity contribution in [3.63, 3.8) is 0 Å². The van der Waals surface area contributed by atoms with Crippen molar-refractivity contribution in [1.29, 1.82) is 0 Å². The zero-order valence-corrected chi connectivity index (χ0v) is 8.82. The van der Waals surface area contributed by atoms with E-state index in [-0.39, 0.29) is 0 Å². The Labute approximate surface area is 81.4 Å². The van der Waals surface area contributed by atoms with Crippen molar-refractivity contribution in [2.24, 2.45) is 0 Å². The third kappa shape index (κ3) is 3.20. The highest BCUT2D eigenvalue weighted by Crippen LogP contribution is 2.24. The van der Waals surface area contributed by atoms with Crippen molar-refractivity contribution in [3.05, 3.63) is 12.2 Å². The van der Waals surface area contributed by atoms with Gasteiger partial charge in [0.2, 0.25) is 0 Å². The monoisotopic (exact) mass is 185 g/mol. The molecule has 1 rings (SSSR count). The summed E-state index contributed by atoms with van der Waals surface area (Å²) in [5.41, 5.74) is 1.31. The van der Waals surface area contributed by atoms with Gasteiger partial charge in [-0.25, -0.2) is 0 Å². The molecule has 70 valence electrons. The van der Waals surface area contributed by atoms with Crippen LogP contribution in [0, 0.1) is 0 Å². The highest BCUT2D eigenvalue weighted by Gasteiger charge is 2.23. The first-order chi connectivity index (χ1) is 5.70. The second kappa shape index (κ2) is 4.93. The maximum atomic E-state index is 4.34. The van der Waals surface area contributed by atoms with Crippen molar-refractivity contribution in [1.82, 2.24) is 4.31 Å². The molecule has 0 spiro atoms. The molecule has 1 aliphatic rings. The molecule has 1 heterocycles. The van der Waals surface area contributed by atoms with Crippen molar-refractivity contribution in [2.45, 2.75) is 45.1 Å². The summed E-state index contributed by atoms with van der Waals surface area (Å²) >= 11 is 4.34. The topological polar surface area (TPSA) is 3.24 Å². The van der Waals surface area contributed by atoms with Crippen molar-refractivity contribution in [2.75, 3.05) is 6.54 Å². The van der Waals surface area contributed by atoms with Crippen LogP contribution in [0.4, 0.5) is 0 Å². The lowest BCUT2D eigenvalue weighted by molar-refractivity contribution is 0.207. The maximum Gasteiger partial charge on any atom is 0.0212 e. The van der Waals surface area contributed by atoms with E-state index in [4.69, 9.17) is 0 Å². The van der Waals surface area contributed by atoms with Gasteiger partial charge in [0.15, 0.2) is 0 Å². The van der Waals surface area contributed by atoms with Gasteiger partial charge in [0.25, 0.3) is 0 Å². The van der Waals surface area contributed by atoms with Gasteiger partial charge >= 0.3 is 0 Å². The highest BCUT2D eigenvalue weighted by molar-refractivity contribution is 7.77. The third-order valence-corrected chi connectivity index (χ3v) is 3.03. The van der Waals surface area contributed by atoms with Crippen LogP contribution < -0.4 is 0 Å². The zero-order valence-electron chi connectivity index (χ0n) is 7.92. The molecule has 1 unspecified atom stereocenters. The second-order valence-electron chi connectivity index (χ2n) is 3.81. The van der Waals surface area contributed by atoms with Crippen LogP contribution in [0.25, 0.3) is 0 Å². The highest BCUT2D eigenvalue weighted by atomic mass is 32.1. The van der Waals surface area contributed by atoms with Crippen LogP contribution in [-0.4, -0.2) is 16.9 Å². The van der Waals surface area contributed by atoms with Gasteiger partial charge in [0, 0.05) is 12.6 Å². The summed E-state index contributed by atoms with van der Waals surface area (Å²) in [5.74, 6) is 0. The molecule has 12 heavy (non-hydrogen) atoms. The first kappa shape index (κ1) is 10.1. The molecule has 0 bridgehead atoms. The largest absolute Gasteiger partial charge is 0.250 e. The van der Waals surface area contributed by atoms with E-state index in [0.29, 0.717) is 0 Å². The Morgan fingerprint density at radius 1 is 1.58 bits per heavy atom. The number of rotatable bonds is 5. The van der Waals surface area contributed by atoms with E-state index in [9.17, 15) is 0 Å². The van der Waals surface area contributed by atoms with E-state index in [0.717, 1.165) is 6.04 Å². The molecule has 1 atom stereocenters. The van der Waals surface area contributed by atoms with Crippen LogP contribution in [0.2, 0.25) is 0 Å². The van der Waals surface area contributed by atoms with E-state index in [1.165, 1.54) is 44.2 Å². The van der Waals surface area contributed by atoms with Gasteiger partial charge in [0.1, 0.15) is 0 Å². The van der Waals surface area contributed by atoms with Gasteiger partial charge in [-0.1, -0.05) is 24.8 Å². The fraction of sp³-hybridized carbons (Fsp3) is 0.800. The number of unbranched alkanes of at least 4 members (excludes halogenated alkanes) is 1. The quantitative estimate of drug-likeness (QED) is 0.391. The van der Waals surface area contributed by atoms with Crippen molar-refractivity contribution < 1.29 is 0 Å². The van der Waals surface area contributed by atoms with Crippen LogP contribution in [0.15, 0.2) is 12.2 Å². The van der Waals surface area contributed by atoms with Gasteiger partial charge < -0.3 is 0 Å². The molecule has 0 amide bonds. The van der Waals surface area contributed by atoms with Crippen LogP contribution in [0.5, 0.6) is 0 Å². The van der Waals surface area contributed by atoms with Crippen LogP contribution in [0.1, 0.15) is 39.0 Å². The van der Waals surface area contributed by atoms with Gasteiger partial charge in [-0.2, -0.15) is 0 Å². The Balaban J connectivity index is 1.92. The number of hydrogen-bond donors (Lipinski definition) is 1. The number of nitrogens with zero attached hydrogens (tertiary/aromatic N) is 1. The number of hydrogen-bond acceptors (Lipinski definition) is 2. The minimum absolute atomic E-state index is 0.762. The van der Waals surface area contributed by atoms with Gasteiger partial charge in [-0.05, 0) is 32.6 Å². The summed E-state index contributed by atoms with van der Waals surface area (Å²) in [6.07, 6.45) is 6.48. The summed E-state index contributed by atoms with van der Waals surface area (Å²) in [6, 6.07) is 0.762. The molecule has 0 saturated carbocycles. The predicted octanol–water partition coefficient (Wildman–Crippen LogP) is 3.04. The van der Waals surface area contributed by atoms with E-state index in [1.54, 1.807) is 0 Å². The second-order valence-corrected chi connectivity index (χ2v) is 4.32. The van der Waals surface area contributed by atoms with Crippen molar-refractivity contribution >= 4 is 12.8 Å². The lowest BCUT2D eigenvalue weighted by atomic mass is 9.99. The maximum absolute atomic E-state index is 4.34. The first-order valence-corrected chi connectivity index (χ1v) is 5.20. The summed E-state index contributed by atoms with van der Waals surface area (Å²) in [4.78, 5) is 0. The molecule has 1 nitrogen and oxygen atoms in total. The Kier molecular flexibility index (Phi) is 4.16. The molecule has 1 aliphatic heterocycles. The molecule has 0 aliphatic carbocycles. The predicted molar refractivity (Wildman–Crippen MR) is 57.4 cm³/mol. The SMILES string of the molecule is C=C(C)CCCCC1CCN1S. The average Bonchev–Trinajstić information content (AvgIpc) is 2.01. The molecular formula is C10H19NS. The lowest BCUT2D eigenvalue weighted by Gasteiger charge is -2.36. The van der Waals surface area contributed by atoms with E-state index >= 15 is 0 Å².